The Morgan fingerprint density at radius 1 is 1.00 bits per heavy atom. The summed E-state index contributed by atoms with van der Waals surface area (Å²) in [5.74, 6) is -0.915. The van der Waals surface area contributed by atoms with E-state index in [0.29, 0.717) is 11.3 Å². The molecule has 0 saturated carbocycles. The molecule has 2 aromatic rings. The van der Waals surface area contributed by atoms with Crippen molar-refractivity contribution in [3.63, 3.8) is 0 Å². The predicted octanol–water partition coefficient (Wildman–Crippen LogP) is 4.14. The lowest BCUT2D eigenvalue weighted by atomic mass is 9.98. The summed E-state index contributed by atoms with van der Waals surface area (Å²) in [6.45, 7) is 5.26. The molecule has 2 nitrogen and oxygen atoms in total. The molecule has 112 valence electrons. The number of hydrogen-bond acceptors (Lipinski definition) is 2. The molecule has 0 bridgehead atoms. The lowest BCUT2D eigenvalue weighted by Gasteiger charge is -2.19. The molecular formula is C17H18F2O2. The molecule has 2 aromatic carbocycles. The molecule has 2 rings (SSSR count). The molecule has 0 fully saturated rings. The van der Waals surface area contributed by atoms with Crippen LogP contribution in [-0.2, 0) is 0 Å². The quantitative estimate of drug-likeness (QED) is 0.917. The standard InChI is InChI=1S/C17H18F2O2/c1-10(2)21-16-7-5-4-6-12(16)17(20)13-8-11(3)14(18)9-15(13)19/h4-10,17,20H,1-3H3. The maximum absolute atomic E-state index is 13.9. The van der Waals surface area contributed by atoms with Crippen LogP contribution in [0.1, 0.15) is 36.6 Å². The first kappa shape index (κ1) is 15.4. The van der Waals surface area contributed by atoms with Crippen LogP contribution in [0.2, 0.25) is 0 Å². The van der Waals surface area contributed by atoms with Crippen molar-refractivity contribution in [1.29, 1.82) is 0 Å². The average molecular weight is 292 g/mol. The Balaban J connectivity index is 2.45. The number of ether oxygens (including phenoxy) is 1. The van der Waals surface area contributed by atoms with E-state index < -0.39 is 17.7 Å². The fourth-order valence-electron chi connectivity index (χ4n) is 2.12. The van der Waals surface area contributed by atoms with E-state index >= 15 is 0 Å². The van der Waals surface area contributed by atoms with Crippen LogP contribution in [0.4, 0.5) is 8.78 Å². The second kappa shape index (κ2) is 6.22. The van der Waals surface area contributed by atoms with Gasteiger partial charge in [0.05, 0.1) is 6.10 Å². The van der Waals surface area contributed by atoms with Crippen LogP contribution in [0, 0.1) is 18.6 Å². The zero-order chi connectivity index (χ0) is 15.6. The largest absolute Gasteiger partial charge is 0.491 e. The van der Waals surface area contributed by atoms with Gasteiger partial charge < -0.3 is 9.84 Å². The number of aryl methyl sites for hydroxylation is 1. The summed E-state index contributed by atoms with van der Waals surface area (Å²) >= 11 is 0. The summed E-state index contributed by atoms with van der Waals surface area (Å²) in [4.78, 5) is 0. The Morgan fingerprint density at radius 3 is 2.33 bits per heavy atom. The highest BCUT2D eigenvalue weighted by atomic mass is 19.1. The Kier molecular flexibility index (Phi) is 4.58. The van der Waals surface area contributed by atoms with E-state index in [0.717, 1.165) is 6.07 Å². The molecular weight excluding hydrogens is 274 g/mol. The normalized spacial score (nSPS) is 12.5. The van der Waals surface area contributed by atoms with Gasteiger partial charge in [-0.15, -0.1) is 0 Å². The number of benzene rings is 2. The van der Waals surface area contributed by atoms with Crippen LogP contribution in [0.5, 0.6) is 5.75 Å². The molecule has 0 aliphatic heterocycles. The van der Waals surface area contributed by atoms with Crippen molar-refractivity contribution >= 4 is 0 Å². The van der Waals surface area contributed by atoms with E-state index in [1.54, 1.807) is 24.3 Å². The summed E-state index contributed by atoms with van der Waals surface area (Å²) < 4.78 is 32.9. The smallest absolute Gasteiger partial charge is 0.132 e. The lowest BCUT2D eigenvalue weighted by Crippen LogP contribution is -2.11. The van der Waals surface area contributed by atoms with Gasteiger partial charge >= 0.3 is 0 Å². The zero-order valence-electron chi connectivity index (χ0n) is 12.2. The minimum Gasteiger partial charge on any atom is -0.491 e. The van der Waals surface area contributed by atoms with E-state index in [4.69, 9.17) is 4.74 Å². The van der Waals surface area contributed by atoms with Gasteiger partial charge in [-0.1, -0.05) is 18.2 Å². The third kappa shape index (κ3) is 3.39. The zero-order valence-corrected chi connectivity index (χ0v) is 12.2. The van der Waals surface area contributed by atoms with Gasteiger partial charge in [0.1, 0.15) is 23.5 Å². The summed E-state index contributed by atoms with van der Waals surface area (Å²) in [6, 6.07) is 9.01. The molecule has 1 N–H and O–H groups in total. The molecule has 21 heavy (non-hydrogen) atoms. The Hall–Kier alpha value is -1.94. The van der Waals surface area contributed by atoms with Gasteiger partial charge in [-0.05, 0) is 38.5 Å². The summed E-state index contributed by atoms with van der Waals surface area (Å²) in [5, 5.41) is 10.4. The molecule has 0 radical (unpaired) electrons. The molecule has 1 unspecified atom stereocenters. The van der Waals surface area contributed by atoms with Crippen molar-refractivity contribution in [1.82, 2.24) is 0 Å². The molecule has 0 spiro atoms. The van der Waals surface area contributed by atoms with Crippen LogP contribution in [0.3, 0.4) is 0 Å². The van der Waals surface area contributed by atoms with Gasteiger partial charge in [0.2, 0.25) is 0 Å². The van der Waals surface area contributed by atoms with Gasteiger partial charge in [0.15, 0.2) is 0 Å². The van der Waals surface area contributed by atoms with E-state index in [2.05, 4.69) is 0 Å². The van der Waals surface area contributed by atoms with Crippen molar-refractivity contribution in [3.05, 3.63) is 64.7 Å². The summed E-state index contributed by atoms with van der Waals surface area (Å²) in [5.41, 5.74) is 0.775. The van der Waals surface area contributed by atoms with Gasteiger partial charge in [-0.2, -0.15) is 0 Å². The molecule has 0 saturated heterocycles. The molecule has 0 aliphatic carbocycles. The van der Waals surface area contributed by atoms with Crippen molar-refractivity contribution < 1.29 is 18.6 Å². The van der Waals surface area contributed by atoms with Crippen molar-refractivity contribution in [2.75, 3.05) is 0 Å². The topological polar surface area (TPSA) is 29.5 Å². The molecule has 4 heteroatoms. The van der Waals surface area contributed by atoms with Crippen LogP contribution in [0.25, 0.3) is 0 Å². The maximum Gasteiger partial charge on any atom is 0.132 e. The first-order valence-electron chi connectivity index (χ1n) is 6.79. The average Bonchev–Trinajstić information content (AvgIpc) is 2.42. The third-order valence-electron chi connectivity index (χ3n) is 3.15. The molecule has 0 aliphatic rings. The number of halogens is 2. The minimum atomic E-state index is -1.21. The summed E-state index contributed by atoms with van der Waals surface area (Å²) in [7, 11) is 0. The van der Waals surface area contributed by atoms with Crippen LogP contribution >= 0.6 is 0 Å². The van der Waals surface area contributed by atoms with Crippen LogP contribution in [0.15, 0.2) is 36.4 Å². The highest BCUT2D eigenvalue weighted by Crippen LogP contribution is 2.32. The Morgan fingerprint density at radius 2 is 1.67 bits per heavy atom. The second-order valence-electron chi connectivity index (χ2n) is 5.23. The van der Waals surface area contributed by atoms with Crippen molar-refractivity contribution in [2.45, 2.75) is 33.0 Å². The Bertz CT molecular complexity index is 639. The summed E-state index contributed by atoms with van der Waals surface area (Å²) in [6.07, 6.45) is -1.28. The highest BCUT2D eigenvalue weighted by Gasteiger charge is 2.20. The molecule has 0 heterocycles. The molecule has 0 aromatic heterocycles. The first-order valence-corrected chi connectivity index (χ1v) is 6.79. The highest BCUT2D eigenvalue weighted by molar-refractivity contribution is 5.41. The van der Waals surface area contributed by atoms with Gasteiger partial charge in [-0.25, -0.2) is 8.78 Å². The maximum atomic E-state index is 13.9. The second-order valence-corrected chi connectivity index (χ2v) is 5.23. The number of para-hydroxylation sites is 1. The van der Waals surface area contributed by atoms with E-state index in [1.165, 1.54) is 13.0 Å². The lowest BCUT2D eigenvalue weighted by molar-refractivity contribution is 0.194. The van der Waals surface area contributed by atoms with Crippen LogP contribution in [-0.4, -0.2) is 11.2 Å². The van der Waals surface area contributed by atoms with Crippen molar-refractivity contribution in [2.24, 2.45) is 0 Å². The van der Waals surface area contributed by atoms with Gasteiger partial charge in [-0.3, -0.25) is 0 Å². The number of aliphatic hydroxyl groups excluding tert-OH is 1. The number of hydrogen-bond donors (Lipinski definition) is 1. The monoisotopic (exact) mass is 292 g/mol. The third-order valence-corrected chi connectivity index (χ3v) is 3.15. The minimum absolute atomic E-state index is 0.0358. The fourth-order valence-corrected chi connectivity index (χ4v) is 2.12. The Labute approximate surface area is 123 Å². The number of rotatable bonds is 4. The number of aliphatic hydroxyl groups is 1. The van der Waals surface area contributed by atoms with Crippen LogP contribution < -0.4 is 4.74 Å². The van der Waals surface area contributed by atoms with E-state index in [-0.39, 0.29) is 17.2 Å². The molecule has 1 atom stereocenters. The molecule has 0 amide bonds. The fraction of sp³-hybridized carbons (Fsp3) is 0.294. The van der Waals surface area contributed by atoms with Gasteiger partial charge in [0.25, 0.3) is 0 Å². The van der Waals surface area contributed by atoms with Gasteiger partial charge in [0, 0.05) is 17.2 Å². The SMILES string of the molecule is Cc1cc(C(O)c2ccccc2OC(C)C)c(F)cc1F. The van der Waals surface area contributed by atoms with E-state index in [1.807, 2.05) is 13.8 Å². The predicted molar refractivity (Wildman–Crippen MR) is 77.4 cm³/mol. The first-order chi connectivity index (χ1) is 9.90. The van der Waals surface area contributed by atoms with E-state index in [9.17, 15) is 13.9 Å². The van der Waals surface area contributed by atoms with Crippen molar-refractivity contribution in [3.8, 4) is 5.75 Å².